The molecule has 0 aromatic heterocycles. The minimum absolute atomic E-state index is 0.120. The topological polar surface area (TPSA) is 42.2 Å². The van der Waals surface area contributed by atoms with Crippen molar-refractivity contribution in [3.63, 3.8) is 0 Å². The molecule has 0 aromatic carbocycles. The summed E-state index contributed by atoms with van der Waals surface area (Å²) < 4.78 is 10.6. The molecule has 0 amide bonds. The van der Waals surface area contributed by atoms with Crippen LogP contribution in [0.4, 0.5) is 0 Å². The zero-order valence-corrected chi connectivity index (χ0v) is 7.67. The number of ether oxygens (including phenoxy) is 2. The highest BCUT2D eigenvalue weighted by molar-refractivity contribution is 4.94. The van der Waals surface area contributed by atoms with Crippen LogP contribution >= 0.6 is 0 Å². The van der Waals surface area contributed by atoms with Crippen molar-refractivity contribution < 1.29 is 9.47 Å². The number of rotatable bonds is 3. The fourth-order valence-corrected chi connectivity index (χ4v) is 1.27. The lowest BCUT2D eigenvalue weighted by atomic mass is 10.2. The third kappa shape index (κ3) is 2.20. The van der Waals surface area contributed by atoms with E-state index in [4.69, 9.17) is 14.7 Å². The molecule has 12 heavy (non-hydrogen) atoms. The maximum absolute atomic E-state index is 8.67. The molecule has 1 rings (SSSR count). The average molecular weight is 169 g/mol. The second kappa shape index (κ2) is 3.88. The Labute approximate surface area is 73.3 Å². The molecule has 68 valence electrons. The highest BCUT2D eigenvalue weighted by Crippen LogP contribution is 2.24. The predicted octanol–water partition coefficient (Wildman–Crippen LogP) is 1.83. The lowest BCUT2D eigenvalue weighted by molar-refractivity contribution is -0.107. The third-order valence-corrected chi connectivity index (χ3v) is 2.02. The van der Waals surface area contributed by atoms with Crippen LogP contribution in [0.3, 0.4) is 0 Å². The fourth-order valence-electron chi connectivity index (χ4n) is 1.27. The summed E-state index contributed by atoms with van der Waals surface area (Å²) in [4.78, 5) is 0. The van der Waals surface area contributed by atoms with E-state index in [1.165, 1.54) is 0 Å². The Hall–Kier alpha value is -0.590. The van der Waals surface area contributed by atoms with Crippen LogP contribution < -0.4 is 0 Å². The number of hydrogen-bond acceptors (Lipinski definition) is 3. The van der Waals surface area contributed by atoms with Crippen LogP contribution in [0, 0.1) is 11.3 Å². The Morgan fingerprint density at radius 3 is 2.92 bits per heavy atom. The zero-order valence-electron chi connectivity index (χ0n) is 7.67. The van der Waals surface area contributed by atoms with Gasteiger partial charge in [0.1, 0.15) is 6.07 Å². The maximum Gasteiger partial charge on any atom is 0.256 e. The highest BCUT2D eigenvalue weighted by atomic mass is 16.7. The Morgan fingerprint density at radius 1 is 1.67 bits per heavy atom. The van der Waals surface area contributed by atoms with Gasteiger partial charge in [0.15, 0.2) is 0 Å². The first-order valence-electron chi connectivity index (χ1n) is 4.43. The molecule has 0 aromatic rings. The van der Waals surface area contributed by atoms with Crippen molar-refractivity contribution in [3.05, 3.63) is 0 Å². The second-order valence-corrected chi connectivity index (χ2v) is 3.25. The fraction of sp³-hybridized carbons (Fsp3) is 0.889. The van der Waals surface area contributed by atoms with Gasteiger partial charge in [-0.2, -0.15) is 5.26 Å². The van der Waals surface area contributed by atoms with Crippen molar-refractivity contribution in [2.24, 2.45) is 0 Å². The molecule has 1 fully saturated rings. The second-order valence-electron chi connectivity index (χ2n) is 3.25. The largest absolute Gasteiger partial charge is 0.336 e. The van der Waals surface area contributed by atoms with E-state index in [1.807, 2.05) is 6.07 Å². The predicted molar refractivity (Wildman–Crippen MR) is 44.4 cm³/mol. The number of nitrogens with zero attached hydrogens (tertiary/aromatic N) is 1. The minimum atomic E-state index is -0.988. The van der Waals surface area contributed by atoms with Gasteiger partial charge in [0, 0.05) is 6.92 Å². The van der Waals surface area contributed by atoms with Gasteiger partial charge in [0.2, 0.25) is 0 Å². The van der Waals surface area contributed by atoms with Crippen LogP contribution in [-0.2, 0) is 9.47 Å². The first-order valence-corrected chi connectivity index (χ1v) is 4.43. The highest BCUT2D eigenvalue weighted by Gasteiger charge is 2.36. The van der Waals surface area contributed by atoms with E-state index in [0.717, 1.165) is 19.3 Å². The zero-order chi connectivity index (χ0) is 9.03. The van der Waals surface area contributed by atoms with Crippen LogP contribution in [0.15, 0.2) is 0 Å². The van der Waals surface area contributed by atoms with Crippen molar-refractivity contribution >= 4 is 0 Å². The molecule has 1 aliphatic heterocycles. The molecule has 0 aliphatic carbocycles. The molecule has 0 radical (unpaired) electrons. The smallest absolute Gasteiger partial charge is 0.256 e. The molecule has 1 heterocycles. The van der Waals surface area contributed by atoms with Gasteiger partial charge in [-0.15, -0.1) is 0 Å². The van der Waals surface area contributed by atoms with E-state index >= 15 is 0 Å². The summed E-state index contributed by atoms with van der Waals surface area (Å²) in [7, 11) is 0. The summed E-state index contributed by atoms with van der Waals surface area (Å²) in [6, 6.07) is 2.00. The normalized spacial score (nSPS) is 34.9. The lowest BCUT2D eigenvalue weighted by Gasteiger charge is -2.13. The van der Waals surface area contributed by atoms with E-state index in [-0.39, 0.29) is 6.10 Å². The van der Waals surface area contributed by atoms with Gasteiger partial charge in [-0.05, 0) is 6.42 Å². The standard InChI is InChI=1S/C9H15NO2/c1-3-4-5-8-6-11-9(2,7-10)12-8/h8H,3-6H2,1-2H3. The monoisotopic (exact) mass is 169 g/mol. The lowest BCUT2D eigenvalue weighted by Crippen LogP contribution is -2.23. The summed E-state index contributed by atoms with van der Waals surface area (Å²) in [5.41, 5.74) is 0. The summed E-state index contributed by atoms with van der Waals surface area (Å²) >= 11 is 0. The first kappa shape index (κ1) is 9.50. The van der Waals surface area contributed by atoms with Crippen molar-refractivity contribution in [2.75, 3.05) is 6.61 Å². The van der Waals surface area contributed by atoms with Gasteiger partial charge in [0.25, 0.3) is 5.79 Å². The summed E-state index contributed by atoms with van der Waals surface area (Å²) in [5.74, 6) is -0.988. The summed E-state index contributed by atoms with van der Waals surface area (Å²) in [6.07, 6.45) is 3.40. The van der Waals surface area contributed by atoms with E-state index in [2.05, 4.69) is 6.92 Å². The average Bonchev–Trinajstić information content (AvgIpc) is 2.45. The third-order valence-electron chi connectivity index (χ3n) is 2.02. The number of unbranched alkanes of at least 4 members (excludes halogenated alkanes) is 1. The van der Waals surface area contributed by atoms with Gasteiger partial charge in [-0.1, -0.05) is 19.8 Å². The van der Waals surface area contributed by atoms with Crippen LogP contribution in [0.25, 0.3) is 0 Å². The van der Waals surface area contributed by atoms with Crippen LogP contribution in [0.5, 0.6) is 0 Å². The van der Waals surface area contributed by atoms with Gasteiger partial charge in [-0.3, -0.25) is 0 Å². The molecule has 0 N–H and O–H groups in total. The van der Waals surface area contributed by atoms with Gasteiger partial charge >= 0.3 is 0 Å². The van der Waals surface area contributed by atoms with Crippen molar-refractivity contribution in [1.29, 1.82) is 5.26 Å². The molecular formula is C9H15NO2. The summed E-state index contributed by atoms with van der Waals surface area (Å²) in [6.45, 7) is 4.36. The summed E-state index contributed by atoms with van der Waals surface area (Å²) in [5, 5.41) is 8.67. The van der Waals surface area contributed by atoms with E-state index in [1.54, 1.807) is 6.92 Å². The molecule has 1 aliphatic rings. The van der Waals surface area contributed by atoms with Crippen molar-refractivity contribution in [2.45, 2.75) is 45.0 Å². The van der Waals surface area contributed by atoms with Crippen molar-refractivity contribution in [1.82, 2.24) is 0 Å². The molecule has 0 bridgehead atoms. The van der Waals surface area contributed by atoms with Gasteiger partial charge in [-0.25, -0.2) is 0 Å². The Morgan fingerprint density at radius 2 is 2.42 bits per heavy atom. The van der Waals surface area contributed by atoms with E-state index in [0.29, 0.717) is 6.61 Å². The Bertz CT molecular complexity index is 187. The van der Waals surface area contributed by atoms with Crippen LogP contribution in [0.1, 0.15) is 33.1 Å². The molecule has 2 atom stereocenters. The van der Waals surface area contributed by atoms with E-state index < -0.39 is 5.79 Å². The van der Waals surface area contributed by atoms with Crippen LogP contribution in [-0.4, -0.2) is 18.5 Å². The number of nitriles is 1. The Kier molecular flexibility index (Phi) is 3.07. The maximum atomic E-state index is 8.67. The molecule has 0 spiro atoms. The van der Waals surface area contributed by atoms with Gasteiger partial charge < -0.3 is 9.47 Å². The molecule has 0 saturated carbocycles. The minimum Gasteiger partial charge on any atom is -0.336 e. The quantitative estimate of drug-likeness (QED) is 0.647. The molecule has 1 saturated heterocycles. The van der Waals surface area contributed by atoms with Crippen LogP contribution in [0.2, 0.25) is 0 Å². The molecule has 2 unspecified atom stereocenters. The molecular weight excluding hydrogens is 154 g/mol. The number of hydrogen-bond donors (Lipinski definition) is 0. The van der Waals surface area contributed by atoms with Gasteiger partial charge in [0.05, 0.1) is 12.7 Å². The first-order chi connectivity index (χ1) is 5.70. The Balaban J connectivity index is 2.31. The van der Waals surface area contributed by atoms with E-state index in [9.17, 15) is 0 Å². The van der Waals surface area contributed by atoms with Crippen molar-refractivity contribution in [3.8, 4) is 6.07 Å². The SMILES string of the molecule is CCCCC1COC(C)(C#N)O1. The molecule has 3 nitrogen and oxygen atoms in total. The molecule has 3 heteroatoms.